The summed E-state index contributed by atoms with van der Waals surface area (Å²) >= 11 is 0. The fourth-order valence-corrected chi connectivity index (χ4v) is 1.27. The van der Waals surface area contributed by atoms with E-state index in [9.17, 15) is 4.79 Å². The normalized spacial score (nSPS) is 10.4. The van der Waals surface area contributed by atoms with E-state index < -0.39 is 0 Å². The van der Waals surface area contributed by atoms with Gasteiger partial charge in [0.1, 0.15) is 6.54 Å². The molecule has 0 aliphatic carbocycles. The molecule has 17 heavy (non-hydrogen) atoms. The smallest absolute Gasteiger partial charge is 0.318 e. The van der Waals surface area contributed by atoms with E-state index in [0.717, 1.165) is 6.42 Å². The lowest BCUT2D eigenvalue weighted by molar-refractivity contribution is -0.127. The minimum absolute atomic E-state index is 0.00838. The molecule has 0 aliphatic heterocycles. The van der Waals surface area contributed by atoms with Gasteiger partial charge in [-0.05, 0) is 6.42 Å². The SMILES string of the molecule is CCCN(CC(=O)N(C)C)c1nnc(CN)o1. The molecule has 0 aliphatic rings. The van der Waals surface area contributed by atoms with Gasteiger partial charge in [-0.1, -0.05) is 12.0 Å². The summed E-state index contributed by atoms with van der Waals surface area (Å²) in [5.41, 5.74) is 5.40. The third-order valence-corrected chi connectivity index (χ3v) is 2.22. The molecule has 1 heterocycles. The van der Waals surface area contributed by atoms with Crippen LogP contribution in [0.5, 0.6) is 0 Å². The maximum atomic E-state index is 11.6. The van der Waals surface area contributed by atoms with E-state index in [4.69, 9.17) is 10.2 Å². The van der Waals surface area contributed by atoms with Crippen molar-refractivity contribution in [2.45, 2.75) is 19.9 Å². The molecule has 0 spiro atoms. The van der Waals surface area contributed by atoms with Crippen LogP contribution in [-0.4, -0.2) is 48.2 Å². The zero-order valence-electron chi connectivity index (χ0n) is 10.5. The minimum Gasteiger partial charge on any atom is -0.407 e. The Labute approximate surface area is 101 Å². The second-order valence-electron chi connectivity index (χ2n) is 3.89. The topological polar surface area (TPSA) is 88.5 Å². The van der Waals surface area contributed by atoms with Crippen molar-refractivity contribution >= 4 is 11.9 Å². The van der Waals surface area contributed by atoms with E-state index in [-0.39, 0.29) is 19.0 Å². The Bertz CT molecular complexity index is 363. The van der Waals surface area contributed by atoms with Gasteiger partial charge in [-0.25, -0.2) is 0 Å². The van der Waals surface area contributed by atoms with Gasteiger partial charge in [-0.3, -0.25) is 4.79 Å². The number of nitrogens with zero attached hydrogens (tertiary/aromatic N) is 4. The molecule has 1 amide bonds. The number of hydrogen-bond acceptors (Lipinski definition) is 6. The lowest BCUT2D eigenvalue weighted by Gasteiger charge is -2.20. The zero-order valence-corrected chi connectivity index (χ0v) is 10.5. The highest BCUT2D eigenvalue weighted by molar-refractivity contribution is 5.80. The van der Waals surface area contributed by atoms with Gasteiger partial charge in [0, 0.05) is 20.6 Å². The van der Waals surface area contributed by atoms with Crippen molar-refractivity contribution in [3.63, 3.8) is 0 Å². The number of carbonyl (C=O) groups is 1. The molecule has 1 aromatic heterocycles. The van der Waals surface area contributed by atoms with E-state index in [1.54, 1.807) is 19.0 Å². The van der Waals surface area contributed by atoms with Gasteiger partial charge in [-0.15, -0.1) is 5.10 Å². The van der Waals surface area contributed by atoms with Crippen LogP contribution >= 0.6 is 0 Å². The van der Waals surface area contributed by atoms with E-state index in [2.05, 4.69) is 10.2 Å². The molecular formula is C10H19N5O2. The monoisotopic (exact) mass is 241 g/mol. The molecule has 0 bridgehead atoms. The summed E-state index contributed by atoms with van der Waals surface area (Å²) in [5, 5.41) is 7.66. The number of anilines is 1. The van der Waals surface area contributed by atoms with Gasteiger partial charge in [0.05, 0.1) is 6.54 Å². The first kappa shape index (κ1) is 13.4. The lowest BCUT2D eigenvalue weighted by Crippen LogP contribution is -2.37. The molecule has 0 atom stereocenters. The number of aromatic nitrogens is 2. The van der Waals surface area contributed by atoms with Crippen molar-refractivity contribution in [2.75, 3.05) is 32.1 Å². The predicted molar refractivity (Wildman–Crippen MR) is 63.4 cm³/mol. The first-order valence-electron chi connectivity index (χ1n) is 5.56. The highest BCUT2D eigenvalue weighted by Gasteiger charge is 2.17. The highest BCUT2D eigenvalue weighted by atomic mass is 16.4. The summed E-state index contributed by atoms with van der Waals surface area (Å²) in [6, 6.07) is 0.350. The molecule has 2 N–H and O–H groups in total. The second-order valence-corrected chi connectivity index (χ2v) is 3.89. The Balaban J connectivity index is 2.74. The average molecular weight is 241 g/mol. The number of carbonyl (C=O) groups excluding carboxylic acids is 1. The van der Waals surface area contributed by atoms with Crippen molar-refractivity contribution in [1.29, 1.82) is 0 Å². The van der Waals surface area contributed by atoms with Gasteiger partial charge >= 0.3 is 6.01 Å². The van der Waals surface area contributed by atoms with Crippen molar-refractivity contribution in [3.8, 4) is 0 Å². The second kappa shape index (κ2) is 6.19. The van der Waals surface area contributed by atoms with Crippen LogP contribution in [0.4, 0.5) is 6.01 Å². The van der Waals surface area contributed by atoms with Crippen molar-refractivity contribution in [2.24, 2.45) is 5.73 Å². The van der Waals surface area contributed by atoms with Crippen LogP contribution < -0.4 is 10.6 Å². The molecule has 0 saturated carbocycles. The van der Waals surface area contributed by atoms with Crippen LogP contribution in [0.15, 0.2) is 4.42 Å². The van der Waals surface area contributed by atoms with Gasteiger partial charge in [0.2, 0.25) is 11.8 Å². The Morgan fingerprint density at radius 1 is 1.41 bits per heavy atom. The largest absolute Gasteiger partial charge is 0.407 e. The van der Waals surface area contributed by atoms with Crippen molar-refractivity contribution in [3.05, 3.63) is 5.89 Å². The molecule has 0 radical (unpaired) electrons. The van der Waals surface area contributed by atoms with Gasteiger partial charge in [0.15, 0.2) is 0 Å². The van der Waals surface area contributed by atoms with E-state index in [0.29, 0.717) is 18.5 Å². The Kier molecular flexibility index (Phi) is 4.89. The first-order valence-corrected chi connectivity index (χ1v) is 5.56. The molecular weight excluding hydrogens is 222 g/mol. The molecule has 1 rings (SSSR count). The molecule has 0 fully saturated rings. The number of hydrogen-bond donors (Lipinski definition) is 1. The van der Waals surface area contributed by atoms with Crippen LogP contribution in [0.3, 0.4) is 0 Å². The van der Waals surface area contributed by atoms with Crippen LogP contribution in [0.1, 0.15) is 19.2 Å². The molecule has 0 saturated heterocycles. The summed E-state index contributed by atoms with van der Waals surface area (Å²) < 4.78 is 5.34. The minimum atomic E-state index is -0.00838. The number of nitrogens with two attached hydrogens (primary N) is 1. The molecule has 0 unspecified atom stereocenters. The van der Waals surface area contributed by atoms with E-state index in [1.807, 2.05) is 6.92 Å². The Morgan fingerprint density at radius 2 is 2.12 bits per heavy atom. The maximum Gasteiger partial charge on any atom is 0.318 e. The quantitative estimate of drug-likeness (QED) is 0.744. The summed E-state index contributed by atoms with van der Waals surface area (Å²) in [7, 11) is 3.43. The van der Waals surface area contributed by atoms with Crippen LogP contribution in [0, 0.1) is 0 Å². The van der Waals surface area contributed by atoms with E-state index in [1.165, 1.54) is 4.90 Å². The van der Waals surface area contributed by atoms with Gasteiger partial charge < -0.3 is 20.0 Å². The fraction of sp³-hybridized carbons (Fsp3) is 0.700. The zero-order chi connectivity index (χ0) is 12.8. The molecule has 96 valence electrons. The van der Waals surface area contributed by atoms with Crippen molar-refractivity contribution < 1.29 is 9.21 Å². The number of amides is 1. The Morgan fingerprint density at radius 3 is 2.59 bits per heavy atom. The third-order valence-electron chi connectivity index (χ3n) is 2.22. The Hall–Kier alpha value is -1.63. The van der Waals surface area contributed by atoms with E-state index >= 15 is 0 Å². The summed E-state index contributed by atoms with van der Waals surface area (Å²) in [4.78, 5) is 14.9. The lowest BCUT2D eigenvalue weighted by atomic mass is 10.4. The van der Waals surface area contributed by atoms with Crippen LogP contribution in [-0.2, 0) is 11.3 Å². The molecule has 1 aromatic rings. The van der Waals surface area contributed by atoms with Crippen LogP contribution in [0.2, 0.25) is 0 Å². The summed E-state index contributed by atoms with van der Waals surface area (Å²) in [5.74, 6) is 0.365. The van der Waals surface area contributed by atoms with Crippen molar-refractivity contribution in [1.82, 2.24) is 15.1 Å². The standard InChI is InChI=1S/C10H19N5O2/c1-4-5-15(7-9(16)14(2)3)10-13-12-8(6-11)17-10/h4-7,11H2,1-3H3. The maximum absolute atomic E-state index is 11.6. The van der Waals surface area contributed by atoms with Gasteiger partial charge in [0.25, 0.3) is 0 Å². The van der Waals surface area contributed by atoms with Gasteiger partial charge in [-0.2, -0.15) is 0 Å². The van der Waals surface area contributed by atoms with Crippen LogP contribution in [0.25, 0.3) is 0 Å². The number of likely N-dealkylation sites (N-methyl/N-ethyl adjacent to an activating group) is 1. The third kappa shape index (κ3) is 3.70. The number of rotatable bonds is 6. The predicted octanol–water partition coefficient (Wildman–Crippen LogP) is -0.167. The first-order chi connectivity index (χ1) is 8.08. The highest BCUT2D eigenvalue weighted by Crippen LogP contribution is 2.12. The summed E-state index contributed by atoms with van der Waals surface area (Å²) in [6.07, 6.45) is 0.890. The molecule has 7 nitrogen and oxygen atoms in total. The molecule has 0 aromatic carbocycles. The average Bonchev–Trinajstić information content (AvgIpc) is 2.76. The summed E-state index contributed by atoms with van der Waals surface area (Å²) in [6.45, 7) is 3.14. The molecule has 7 heteroatoms. The fourth-order valence-electron chi connectivity index (χ4n) is 1.27.